The first-order valence-corrected chi connectivity index (χ1v) is 11.6. The molecule has 0 unspecified atom stereocenters. The first-order chi connectivity index (χ1) is 16.3. The van der Waals surface area contributed by atoms with Gasteiger partial charge in [-0.3, -0.25) is 14.5 Å². The summed E-state index contributed by atoms with van der Waals surface area (Å²) in [4.78, 5) is 32.2. The number of Topliss-reactive ketones (excluding diaryl/α,β-unsaturated/α-hetero) is 1. The molecule has 0 atom stereocenters. The number of carbonyl (C=O) groups excluding carboxylic acids is 2. The fourth-order valence-corrected chi connectivity index (χ4v) is 4.51. The van der Waals surface area contributed by atoms with E-state index in [4.69, 9.17) is 4.74 Å². The van der Waals surface area contributed by atoms with Crippen LogP contribution in [0.25, 0.3) is 6.08 Å². The van der Waals surface area contributed by atoms with Gasteiger partial charge in [0.1, 0.15) is 17.3 Å². The van der Waals surface area contributed by atoms with Gasteiger partial charge in [-0.15, -0.1) is 0 Å². The van der Waals surface area contributed by atoms with Gasteiger partial charge in [0.05, 0.1) is 18.6 Å². The summed E-state index contributed by atoms with van der Waals surface area (Å²) in [5.74, 6) is -0.0553. The van der Waals surface area contributed by atoms with Gasteiger partial charge in [-0.2, -0.15) is 0 Å². The number of halogens is 1. The third-order valence-electron chi connectivity index (χ3n) is 5.21. The fourth-order valence-electron chi connectivity index (χ4n) is 3.61. The molecule has 0 spiro atoms. The molecule has 0 saturated carbocycles. The number of aliphatic imine (C=N–C) groups is 1. The number of thioether (sulfide) groups is 1. The average Bonchev–Trinajstić information content (AvgIpc) is 3.12. The highest BCUT2D eigenvalue weighted by atomic mass is 32.2. The molecule has 172 valence electrons. The largest absolute Gasteiger partial charge is 0.497 e. The Morgan fingerprint density at radius 3 is 2.29 bits per heavy atom. The fraction of sp³-hybridized carbons (Fsp3) is 0.148. The number of amides is 1. The van der Waals surface area contributed by atoms with E-state index in [1.165, 1.54) is 40.9 Å². The molecule has 7 heteroatoms. The SMILES string of the molecule is COc1ccc(/C=C2\N=C(SCC(=O)c3ccc(F)cc3)N(c3cc(C)cc(C)c3)C2=O)cc1. The molecule has 0 bridgehead atoms. The first-order valence-electron chi connectivity index (χ1n) is 10.6. The highest BCUT2D eigenvalue weighted by molar-refractivity contribution is 8.14. The van der Waals surface area contributed by atoms with Gasteiger partial charge in [-0.1, -0.05) is 30.0 Å². The lowest BCUT2D eigenvalue weighted by atomic mass is 10.1. The minimum Gasteiger partial charge on any atom is -0.497 e. The number of aryl methyl sites for hydroxylation is 2. The standard InChI is InChI=1S/C27H23FN2O3S/c1-17-12-18(2)14-22(13-17)30-26(32)24(15-19-4-10-23(33-3)11-5-19)29-27(30)34-16-25(31)20-6-8-21(28)9-7-20/h4-15H,16H2,1-3H3/b24-15-. The van der Waals surface area contributed by atoms with E-state index in [0.29, 0.717) is 16.4 Å². The first kappa shape index (κ1) is 23.4. The number of nitrogens with zero attached hydrogens (tertiary/aromatic N) is 2. The lowest BCUT2D eigenvalue weighted by molar-refractivity contribution is -0.113. The molecule has 1 aliphatic rings. The van der Waals surface area contributed by atoms with Crippen molar-refractivity contribution in [2.24, 2.45) is 4.99 Å². The predicted molar refractivity (Wildman–Crippen MR) is 135 cm³/mol. The topological polar surface area (TPSA) is 59.0 Å². The zero-order valence-electron chi connectivity index (χ0n) is 19.0. The molecule has 1 aliphatic heterocycles. The van der Waals surface area contributed by atoms with Crippen molar-refractivity contribution in [2.75, 3.05) is 17.8 Å². The highest BCUT2D eigenvalue weighted by Gasteiger charge is 2.32. The number of hydrogen-bond donors (Lipinski definition) is 0. The normalized spacial score (nSPS) is 14.5. The molecule has 4 rings (SSSR count). The Labute approximate surface area is 202 Å². The third kappa shape index (κ3) is 5.26. The van der Waals surface area contributed by atoms with Crippen LogP contribution < -0.4 is 9.64 Å². The van der Waals surface area contributed by atoms with Gasteiger partial charge in [0.15, 0.2) is 11.0 Å². The maximum atomic E-state index is 13.4. The van der Waals surface area contributed by atoms with Crippen LogP contribution in [0.1, 0.15) is 27.0 Å². The third-order valence-corrected chi connectivity index (χ3v) is 6.15. The highest BCUT2D eigenvalue weighted by Crippen LogP contribution is 2.31. The second-order valence-electron chi connectivity index (χ2n) is 7.90. The van der Waals surface area contributed by atoms with E-state index in [1.807, 2.05) is 56.3 Å². The summed E-state index contributed by atoms with van der Waals surface area (Å²) in [6, 6.07) is 18.6. The second kappa shape index (κ2) is 10.1. The Hall–Kier alpha value is -3.71. The zero-order chi connectivity index (χ0) is 24.2. The Kier molecular flexibility index (Phi) is 6.93. The maximum absolute atomic E-state index is 13.4. The Bertz CT molecular complexity index is 1280. The smallest absolute Gasteiger partial charge is 0.283 e. The predicted octanol–water partition coefficient (Wildman–Crippen LogP) is 5.81. The lowest BCUT2D eigenvalue weighted by Crippen LogP contribution is -2.31. The van der Waals surface area contributed by atoms with Crippen LogP contribution in [0.5, 0.6) is 5.75 Å². The van der Waals surface area contributed by atoms with Crippen LogP contribution in [0.2, 0.25) is 0 Å². The summed E-state index contributed by atoms with van der Waals surface area (Å²) in [6.45, 7) is 3.93. The van der Waals surface area contributed by atoms with Crippen LogP contribution in [0, 0.1) is 19.7 Å². The van der Waals surface area contributed by atoms with E-state index in [0.717, 1.165) is 22.4 Å². The molecule has 1 heterocycles. The Balaban J connectivity index is 1.65. The zero-order valence-corrected chi connectivity index (χ0v) is 19.9. The van der Waals surface area contributed by atoms with Crippen LogP contribution in [0.3, 0.4) is 0 Å². The van der Waals surface area contributed by atoms with Crippen LogP contribution in [0.4, 0.5) is 10.1 Å². The van der Waals surface area contributed by atoms with Gasteiger partial charge < -0.3 is 4.74 Å². The van der Waals surface area contributed by atoms with Crippen molar-refractivity contribution in [2.45, 2.75) is 13.8 Å². The van der Waals surface area contributed by atoms with Crippen molar-refractivity contribution in [3.05, 3.63) is 100 Å². The van der Waals surface area contributed by atoms with E-state index in [2.05, 4.69) is 4.99 Å². The van der Waals surface area contributed by atoms with Crippen LogP contribution >= 0.6 is 11.8 Å². The molecule has 3 aromatic carbocycles. The summed E-state index contributed by atoms with van der Waals surface area (Å²) in [5.41, 5.74) is 4.22. The monoisotopic (exact) mass is 474 g/mol. The quantitative estimate of drug-likeness (QED) is 0.334. The minimum atomic E-state index is -0.399. The van der Waals surface area contributed by atoms with E-state index in [-0.39, 0.29) is 23.1 Å². The summed E-state index contributed by atoms with van der Waals surface area (Å²) < 4.78 is 18.4. The van der Waals surface area contributed by atoms with Crippen molar-refractivity contribution in [1.29, 1.82) is 0 Å². The number of rotatable bonds is 6. The summed E-state index contributed by atoms with van der Waals surface area (Å²) in [5, 5.41) is 0.422. The van der Waals surface area contributed by atoms with E-state index >= 15 is 0 Å². The van der Waals surface area contributed by atoms with Gasteiger partial charge in [-0.25, -0.2) is 9.38 Å². The average molecular weight is 475 g/mol. The number of hydrogen-bond acceptors (Lipinski definition) is 5. The van der Waals surface area contributed by atoms with Crippen molar-refractivity contribution in [1.82, 2.24) is 0 Å². The molecular weight excluding hydrogens is 451 g/mol. The molecule has 0 saturated heterocycles. The maximum Gasteiger partial charge on any atom is 0.283 e. The number of anilines is 1. The summed E-state index contributed by atoms with van der Waals surface area (Å²) in [6.07, 6.45) is 1.72. The molecule has 0 N–H and O–H groups in total. The molecule has 0 aliphatic carbocycles. The van der Waals surface area contributed by atoms with Crippen LogP contribution in [-0.4, -0.2) is 29.7 Å². The minimum absolute atomic E-state index is 0.0643. The number of carbonyl (C=O) groups is 2. The molecule has 0 aromatic heterocycles. The van der Waals surface area contributed by atoms with Crippen molar-refractivity contribution in [3.8, 4) is 5.75 Å². The molecule has 1 amide bonds. The van der Waals surface area contributed by atoms with Gasteiger partial charge in [0, 0.05) is 5.56 Å². The number of ether oxygens (including phenoxy) is 1. The number of benzene rings is 3. The lowest BCUT2D eigenvalue weighted by Gasteiger charge is -2.19. The van der Waals surface area contributed by atoms with Gasteiger partial charge in [-0.05, 0) is 85.1 Å². The number of methoxy groups -OCH3 is 1. The van der Waals surface area contributed by atoms with Crippen LogP contribution in [-0.2, 0) is 4.79 Å². The summed E-state index contributed by atoms with van der Waals surface area (Å²) in [7, 11) is 1.59. The van der Waals surface area contributed by atoms with Gasteiger partial charge in [0.25, 0.3) is 5.91 Å². The number of amidine groups is 1. The van der Waals surface area contributed by atoms with Crippen molar-refractivity contribution in [3.63, 3.8) is 0 Å². The van der Waals surface area contributed by atoms with E-state index < -0.39 is 5.82 Å². The van der Waals surface area contributed by atoms with Crippen molar-refractivity contribution < 1.29 is 18.7 Å². The molecule has 0 radical (unpaired) electrons. The Morgan fingerprint density at radius 1 is 1.03 bits per heavy atom. The molecule has 5 nitrogen and oxygen atoms in total. The van der Waals surface area contributed by atoms with Crippen LogP contribution in [0.15, 0.2) is 77.4 Å². The van der Waals surface area contributed by atoms with Gasteiger partial charge in [0.2, 0.25) is 0 Å². The Morgan fingerprint density at radius 2 is 1.68 bits per heavy atom. The summed E-state index contributed by atoms with van der Waals surface area (Å²) >= 11 is 1.18. The van der Waals surface area contributed by atoms with E-state index in [1.54, 1.807) is 13.2 Å². The second-order valence-corrected chi connectivity index (χ2v) is 8.84. The van der Waals surface area contributed by atoms with Crippen molar-refractivity contribution >= 4 is 40.4 Å². The molecular formula is C27H23FN2O3S. The number of ketones is 1. The van der Waals surface area contributed by atoms with E-state index in [9.17, 15) is 14.0 Å². The molecule has 3 aromatic rings. The molecule has 34 heavy (non-hydrogen) atoms. The molecule has 0 fully saturated rings. The van der Waals surface area contributed by atoms with Gasteiger partial charge >= 0.3 is 0 Å².